The van der Waals surface area contributed by atoms with Gasteiger partial charge in [0.05, 0.1) is 32.5 Å². The number of phenolic OH excluding ortho intramolecular Hbond substituents is 1. The second-order valence-corrected chi connectivity index (χ2v) is 4.77. The van der Waals surface area contributed by atoms with Crippen molar-refractivity contribution in [3.05, 3.63) is 42.5 Å². The van der Waals surface area contributed by atoms with Crippen LogP contribution < -0.4 is 5.73 Å². The first-order valence-electron chi connectivity index (χ1n) is 6.02. The quantitative estimate of drug-likeness (QED) is 0.595. The number of nitro groups is 3. The van der Waals surface area contributed by atoms with Gasteiger partial charge >= 0.3 is 11.4 Å². The Morgan fingerprint density at radius 1 is 1.09 bits per heavy atom. The first kappa shape index (κ1) is 20.1. The molecule has 0 spiro atoms. The number of rotatable bonds is 5. The molecule has 0 aromatic heterocycles. The number of hydrogen-bond acceptors (Lipinski definition) is 9. The highest BCUT2D eigenvalue weighted by Gasteiger charge is 2.30. The monoisotopic (exact) mass is 332 g/mol. The summed E-state index contributed by atoms with van der Waals surface area (Å²) in [5, 5.41) is 40.2. The number of aromatic hydroxyl groups is 1. The molecule has 1 rings (SSSR count). The van der Waals surface area contributed by atoms with Gasteiger partial charge in [-0.3, -0.25) is 30.3 Å². The maximum Gasteiger partial charge on any atom is 0.324 e. The SMILES string of the molecule is COC(C)(C)CN.O=[N+]([O-])c1cc([N+](=O)[O-])c(O)c([N+](=O)[O-])c1. The molecule has 0 aliphatic heterocycles. The molecule has 23 heavy (non-hydrogen) atoms. The van der Waals surface area contributed by atoms with E-state index >= 15 is 0 Å². The smallest absolute Gasteiger partial charge is 0.324 e. The normalized spacial score (nSPS) is 10.4. The average molecular weight is 332 g/mol. The third-order valence-electron chi connectivity index (χ3n) is 2.70. The molecule has 0 atom stereocenters. The van der Waals surface area contributed by atoms with Crippen LogP contribution in [0.1, 0.15) is 13.8 Å². The Balaban J connectivity index is 0.000000585. The minimum Gasteiger partial charge on any atom is -0.497 e. The third kappa shape index (κ3) is 5.80. The molecule has 1 aromatic rings. The van der Waals surface area contributed by atoms with Crippen molar-refractivity contribution in [1.82, 2.24) is 0 Å². The largest absolute Gasteiger partial charge is 0.497 e. The van der Waals surface area contributed by atoms with Crippen LogP contribution in [0.2, 0.25) is 0 Å². The molecule has 0 heterocycles. The van der Waals surface area contributed by atoms with E-state index in [1.54, 1.807) is 7.11 Å². The summed E-state index contributed by atoms with van der Waals surface area (Å²) in [6, 6.07) is 0.894. The van der Waals surface area contributed by atoms with Crippen LogP contribution in [-0.2, 0) is 4.74 Å². The molecule has 0 radical (unpaired) electrons. The molecule has 0 fully saturated rings. The van der Waals surface area contributed by atoms with Crippen molar-refractivity contribution < 1.29 is 24.6 Å². The second kappa shape index (κ2) is 7.95. The summed E-state index contributed by atoms with van der Waals surface area (Å²) in [7, 11) is 1.66. The van der Waals surface area contributed by atoms with Gasteiger partial charge in [-0.25, -0.2) is 0 Å². The zero-order valence-electron chi connectivity index (χ0n) is 12.6. The van der Waals surface area contributed by atoms with E-state index in [4.69, 9.17) is 15.6 Å². The van der Waals surface area contributed by atoms with Crippen LogP contribution in [0.25, 0.3) is 0 Å². The van der Waals surface area contributed by atoms with Crippen LogP contribution in [0, 0.1) is 30.3 Å². The van der Waals surface area contributed by atoms with Gasteiger partial charge in [0, 0.05) is 13.7 Å². The number of nitrogens with zero attached hydrogens (tertiary/aromatic N) is 3. The van der Waals surface area contributed by atoms with E-state index in [0.717, 1.165) is 0 Å². The molecule has 3 N–H and O–H groups in total. The van der Waals surface area contributed by atoms with E-state index in [1.165, 1.54) is 0 Å². The van der Waals surface area contributed by atoms with Gasteiger partial charge in [-0.1, -0.05) is 0 Å². The fraction of sp³-hybridized carbons (Fsp3) is 0.455. The fourth-order valence-corrected chi connectivity index (χ4v) is 1.06. The van der Waals surface area contributed by atoms with E-state index in [-0.39, 0.29) is 5.60 Å². The van der Waals surface area contributed by atoms with E-state index in [1.807, 2.05) is 13.8 Å². The van der Waals surface area contributed by atoms with Crippen LogP contribution in [0.15, 0.2) is 12.1 Å². The Kier molecular flexibility index (Phi) is 6.96. The van der Waals surface area contributed by atoms with Crippen LogP contribution in [-0.4, -0.2) is 39.1 Å². The van der Waals surface area contributed by atoms with Crippen molar-refractivity contribution in [2.45, 2.75) is 19.4 Å². The summed E-state index contributed by atoms with van der Waals surface area (Å²) in [6.45, 7) is 4.48. The lowest BCUT2D eigenvalue weighted by atomic mass is 10.1. The van der Waals surface area contributed by atoms with Crippen LogP contribution in [0.3, 0.4) is 0 Å². The van der Waals surface area contributed by atoms with Gasteiger partial charge in [-0.2, -0.15) is 0 Å². The van der Waals surface area contributed by atoms with Crippen LogP contribution >= 0.6 is 0 Å². The molecule has 0 saturated carbocycles. The number of ether oxygens (including phenoxy) is 1. The molecular weight excluding hydrogens is 316 g/mol. The average Bonchev–Trinajstić information content (AvgIpc) is 2.47. The van der Waals surface area contributed by atoms with E-state index in [9.17, 15) is 30.3 Å². The molecule has 0 amide bonds. The highest BCUT2D eigenvalue weighted by Crippen LogP contribution is 2.38. The predicted molar refractivity (Wildman–Crippen MR) is 78.2 cm³/mol. The number of nitro benzene ring substituents is 3. The highest BCUT2D eigenvalue weighted by atomic mass is 16.6. The number of hydrogen-bond donors (Lipinski definition) is 2. The standard InChI is InChI=1S/C6H3N3O7.C5H13NO/c10-6-4(8(13)14)1-3(7(11)12)2-5(6)9(15)16;1-5(2,4-6)7-3/h1-2,10H;4,6H2,1-3H3. The van der Waals surface area contributed by atoms with Gasteiger partial charge in [0.2, 0.25) is 0 Å². The zero-order chi connectivity index (χ0) is 18.4. The van der Waals surface area contributed by atoms with Crippen molar-refractivity contribution in [1.29, 1.82) is 0 Å². The molecule has 12 nitrogen and oxygen atoms in total. The van der Waals surface area contributed by atoms with Crippen molar-refractivity contribution in [3.63, 3.8) is 0 Å². The topological polar surface area (TPSA) is 185 Å². The summed E-state index contributed by atoms with van der Waals surface area (Å²) in [6.07, 6.45) is 0. The predicted octanol–water partition coefficient (Wildman–Crippen LogP) is 1.49. The van der Waals surface area contributed by atoms with Gasteiger partial charge in [-0.15, -0.1) is 0 Å². The van der Waals surface area contributed by atoms with Crippen molar-refractivity contribution in [2.24, 2.45) is 5.73 Å². The van der Waals surface area contributed by atoms with Gasteiger partial charge < -0.3 is 15.6 Å². The number of methoxy groups -OCH3 is 1. The Hall–Kier alpha value is -2.86. The number of non-ortho nitro benzene ring substituents is 1. The molecule has 12 heteroatoms. The van der Waals surface area contributed by atoms with Crippen molar-refractivity contribution in [2.75, 3.05) is 13.7 Å². The first-order valence-corrected chi connectivity index (χ1v) is 6.02. The summed E-state index contributed by atoms with van der Waals surface area (Å²) in [4.78, 5) is 27.8. The number of nitrogens with two attached hydrogens (primary N) is 1. The number of phenols is 1. The lowest BCUT2D eigenvalue weighted by molar-refractivity contribution is -0.404. The highest BCUT2D eigenvalue weighted by molar-refractivity contribution is 5.64. The number of benzene rings is 1. The zero-order valence-corrected chi connectivity index (χ0v) is 12.6. The Morgan fingerprint density at radius 3 is 1.65 bits per heavy atom. The summed E-state index contributed by atoms with van der Waals surface area (Å²) >= 11 is 0. The molecule has 1 aromatic carbocycles. The molecule has 0 bridgehead atoms. The van der Waals surface area contributed by atoms with E-state index in [0.29, 0.717) is 18.7 Å². The maximum atomic E-state index is 10.4. The molecular formula is C11H16N4O8. The lowest BCUT2D eigenvalue weighted by Crippen LogP contribution is -2.32. The summed E-state index contributed by atoms with van der Waals surface area (Å²) in [5.74, 6) is -1.21. The van der Waals surface area contributed by atoms with Gasteiger partial charge in [-0.05, 0) is 13.8 Å². The van der Waals surface area contributed by atoms with Gasteiger partial charge in [0.15, 0.2) is 0 Å². The molecule has 128 valence electrons. The van der Waals surface area contributed by atoms with Crippen molar-refractivity contribution in [3.8, 4) is 5.75 Å². The fourth-order valence-electron chi connectivity index (χ4n) is 1.06. The van der Waals surface area contributed by atoms with Gasteiger partial charge in [0.1, 0.15) is 0 Å². The third-order valence-corrected chi connectivity index (χ3v) is 2.70. The van der Waals surface area contributed by atoms with E-state index in [2.05, 4.69) is 0 Å². The minimum absolute atomic E-state index is 0.139. The summed E-state index contributed by atoms with van der Waals surface area (Å²) < 4.78 is 4.96. The second-order valence-electron chi connectivity index (χ2n) is 4.77. The lowest BCUT2D eigenvalue weighted by Gasteiger charge is -2.19. The minimum atomic E-state index is -1.21. The summed E-state index contributed by atoms with van der Waals surface area (Å²) in [5.41, 5.74) is 2.15. The Morgan fingerprint density at radius 2 is 1.48 bits per heavy atom. The van der Waals surface area contributed by atoms with Crippen molar-refractivity contribution >= 4 is 17.1 Å². The van der Waals surface area contributed by atoms with Crippen LogP contribution in [0.5, 0.6) is 5.75 Å². The Bertz CT molecular complexity index is 575. The molecule has 0 aliphatic carbocycles. The molecule has 0 aliphatic rings. The van der Waals surface area contributed by atoms with Gasteiger partial charge in [0.25, 0.3) is 11.4 Å². The molecule has 0 saturated heterocycles. The van der Waals surface area contributed by atoms with Crippen LogP contribution in [0.4, 0.5) is 17.1 Å². The first-order chi connectivity index (χ1) is 10.5. The maximum absolute atomic E-state index is 10.4. The Labute approximate surface area is 129 Å². The van der Waals surface area contributed by atoms with E-state index < -0.39 is 37.6 Å². The molecule has 0 unspecified atom stereocenters.